The van der Waals surface area contributed by atoms with Gasteiger partial charge in [-0.15, -0.1) is 0 Å². The van der Waals surface area contributed by atoms with Gasteiger partial charge in [0.15, 0.2) is 0 Å². The highest BCUT2D eigenvalue weighted by molar-refractivity contribution is 6.31. The number of benzene rings is 1. The fraction of sp³-hybridized carbons (Fsp3) is 0.467. The number of ether oxygens (including phenoxy) is 1. The van der Waals surface area contributed by atoms with E-state index < -0.39 is 29.6 Å². The highest BCUT2D eigenvalue weighted by atomic mass is 35.5. The van der Waals surface area contributed by atoms with Crippen molar-refractivity contribution in [2.75, 3.05) is 0 Å². The Bertz CT molecular complexity index is 580. The summed E-state index contributed by atoms with van der Waals surface area (Å²) in [6.45, 7) is 5.25. The van der Waals surface area contributed by atoms with Crippen LogP contribution in [0.3, 0.4) is 0 Å². The number of carboxylic acid groups (broad SMARTS) is 1. The number of aliphatic carboxylic acids is 1. The van der Waals surface area contributed by atoms with Crippen LogP contribution in [0.25, 0.3) is 0 Å². The molecule has 5 nitrogen and oxygen atoms in total. The maximum Gasteiger partial charge on any atom is 0.408 e. The predicted octanol–water partition coefficient (Wildman–Crippen LogP) is 3.16. The quantitative estimate of drug-likeness (QED) is 0.879. The summed E-state index contributed by atoms with van der Waals surface area (Å²) in [6.07, 6.45) is -0.336. The summed E-state index contributed by atoms with van der Waals surface area (Å²) in [7, 11) is 0. The molecule has 1 aliphatic rings. The van der Waals surface area contributed by atoms with E-state index in [2.05, 4.69) is 5.32 Å². The van der Waals surface area contributed by atoms with E-state index in [-0.39, 0.29) is 0 Å². The van der Waals surface area contributed by atoms with Crippen LogP contribution in [0.4, 0.5) is 4.79 Å². The van der Waals surface area contributed by atoms with Gasteiger partial charge in [0.05, 0.1) is 12.0 Å². The van der Waals surface area contributed by atoms with Gasteiger partial charge in [0, 0.05) is 5.02 Å². The van der Waals surface area contributed by atoms with Crippen LogP contribution in [0.5, 0.6) is 0 Å². The van der Waals surface area contributed by atoms with E-state index in [1.807, 2.05) is 0 Å². The van der Waals surface area contributed by atoms with Crippen LogP contribution in [0, 0.1) is 5.92 Å². The number of carbonyl (C=O) groups is 2. The van der Waals surface area contributed by atoms with Crippen molar-refractivity contribution in [2.45, 2.75) is 38.8 Å². The molecule has 1 aromatic carbocycles. The minimum Gasteiger partial charge on any atom is -0.481 e. The molecule has 0 spiro atoms. The number of carbonyl (C=O) groups excluding carboxylic acids is 1. The lowest BCUT2D eigenvalue weighted by Crippen LogP contribution is -2.38. The van der Waals surface area contributed by atoms with Crippen LogP contribution in [0.15, 0.2) is 18.2 Å². The normalized spacial score (nSPS) is 20.8. The van der Waals surface area contributed by atoms with Gasteiger partial charge in [0.2, 0.25) is 0 Å². The fourth-order valence-electron chi connectivity index (χ4n) is 2.48. The topological polar surface area (TPSA) is 75.6 Å². The van der Waals surface area contributed by atoms with Crippen LogP contribution < -0.4 is 5.32 Å². The van der Waals surface area contributed by atoms with Crippen molar-refractivity contribution < 1.29 is 19.4 Å². The molecular formula is C15H18ClNO4. The van der Waals surface area contributed by atoms with Crippen molar-refractivity contribution in [2.24, 2.45) is 5.92 Å². The first-order valence-electron chi connectivity index (χ1n) is 6.68. The van der Waals surface area contributed by atoms with E-state index in [0.717, 1.165) is 11.1 Å². The molecule has 0 radical (unpaired) electrons. The number of amides is 1. The standard InChI is InChI=1S/C15H18ClNO4/c1-15(2,3)21-14(20)17-12-8-5-4-6-11(16)9(8)7-10(12)13(18)19/h4-6,10,12H,7H2,1-3H3,(H,17,20)(H,18,19)/t10-,12-/m1/s1. The smallest absolute Gasteiger partial charge is 0.408 e. The first-order chi connectivity index (χ1) is 9.69. The highest BCUT2D eigenvalue weighted by Gasteiger charge is 2.39. The Hall–Kier alpha value is -1.75. The van der Waals surface area contributed by atoms with Gasteiger partial charge in [0.1, 0.15) is 5.60 Å². The van der Waals surface area contributed by atoms with Crippen LogP contribution >= 0.6 is 11.6 Å². The number of rotatable bonds is 2. The molecule has 0 heterocycles. The third-order valence-corrected chi connectivity index (χ3v) is 3.66. The summed E-state index contributed by atoms with van der Waals surface area (Å²) in [5.41, 5.74) is 0.867. The number of alkyl carbamates (subject to hydrolysis) is 1. The van der Waals surface area contributed by atoms with E-state index >= 15 is 0 Å². The largest absolute Gasteiger partial charge is 0.481 e. The van der Waals surface area contributed by atoms with Crippen molar-refractivity contribution in [3.8, 4) is 0 Å². The van der Waals surface area contributed by atoms with Crippen LogP contribution in [0.1, 0.15) is 37.9 Å². The molecule has 0 aromatic heterocycles. The molecule has 2 atom stereocenters. The van der Waals surface area contributed by atoms with Crippen molar-refractivity contribution in [3.05, 3.63) is 34.3 Å². The second-order valence-electron chi connectivity index (χ2n) is 6.08. The number of hydrogen-bond acceptors (Lipinski definition) is 3. The van der Waals surface area contributed by atoms with E-state index in [1.165, 1.54) is 0 Å². The zero-order valence-electron chi connectivity index (χ0n) is 12.1. The molecule has 114 valence electrons. The average Bonchev–Trinajstić information content (AvgIpc) is 2.67. The highest BCUT2D eigenvalue weighted by Crippen LogP contribution is 2.39. The summed E-state index contributed by atoms with van der Waals surface area (Å²) in [5.74, 6) is -1.71. The van der Waals surface area contributed by atoms with Crippen molar-refractivity contribution in [3.63, 3.8) is 0 Å². The molecule has 0 unspecified atom stereocenters. The molecule has 0 aliphatic heterocycles. The summed E-state index contributed by atoms with van der Waals surface area (Å²) >= 11 is 6.11. The zero-order valence-corrected chi connectivity index (χ0v) is 12.9. The van der Waals surface area contributed by atoms with Crippen LogP contribution in [-0.4, -0.2) is 22.8 Å². The molecular weight excluding hydrogens is 294 g/mol. The third kappa shape index (κ3) is 3.47. The molecule has 2 N–H and O–H groups in total. The number of nitrogens with one attached hydrogen (secondary N) is 1. The van der Waals surface area contributed by atoms with Crippen molar-refractivity contribution in [1.82, 2.24) is 5.32 Å². The predicted molar refractivity (Wildman–Crippen MR) is 78.4 cm³/mol. The molecule has 1 amide bonds. The number of carboxylic acids is 1. The zero-order chi connectivity index (χ0) is 15.8. The van der Waals surface area contributed by atoms with Gasteiger partial charge < -0.3 is 15.2 Å². The van der Waals surface area contributed by atoms with Gasteiger partial charge in [-0.05, 0) is 44.4 Å². The van der Waals surface area contributed by atoms with E-state index in [9.17, 15) is 14.7 Å². The summed E-state index contributed by atoms with van der Waals surface area (Å²) in [6, 6.07) is 4.61. The van der Waals surface area contributed by atoms with Gasteiger partial charge >= 0.3 is 12.1 Å². The first-order valence-corrected chi connectivity index (χ1v) is 7.06. The monoisotopic (exact) mass is 311 g/mol. The molecule has 0 fully saturated rings. The van der Waals surface area contributed by atoms with Crippen molar-refractivity contribution in [1.29, 1.82) is 0 Å². The SMILES string of the molecule is CC(C)(C)OC(=O)N[C@@H]1c2cccc(Cl)c2C[C@H]1C(=O)O. The lowest BCUT2D eigenvalue weighted by atomic mass is 10.0. The Kier molecular flexibility index (Phi) is 4.14. The summed E-state index contributed by atoms with van der Waals surface area (Å²) < 4.78 is 5.20. The number of fused-ring (bicyclic) bond motifs is 1. The molecule has 21 heavy (non-hydrogen) atoms. The van der Waals surface area contributed by atoms with E-state index in [4.69, 9.17) is 16.3 Å². The molecule has 1 aliphatic carbocycles. The molecule has 0 saturated heterocycles. The number of halogens is 1. The van der Waals surface area contributed by atoms with Gasteiger partial charge in [-0.1, -0.05) is 23.7 Å². The minimum absolute atomic E-state index is 0.296. The van der Waals surface area contributed by atoms with E-state index in [0.29, 0.717) is 11.4 Å². The van der Waals surface area contributed by atoms with Gasteiger partial charge in [-0.2, -0.15) is 0 Å². The average molecular weight is 312 g/mol. The Morgan fingerprint density at radius 2 is 2.05 bits per heavy atom. The Balaban J connectivity index is 2.26. The Morgan fingerprint density at radius 3 is 2.62 bits per heavy atom. The van der Waals surface area contributed by atoms with Crippen LogP contribution in [0.2, 0.25) is 5.02 Å². The molecule has 0 bridgehead atoms. The number of hydrogen-bond donors (Lipinski definition) is 2. The van der Waals surface area contributed by atoms with Crippen molar-refractivity contribution >= 4 is 23.7 Å². The second kappa shape index (κ2) is 5.56. The molecule has 0 saturated carbocycles. The Labute approximate surface area is 128 Å². The third-order valence-electron chi connectivity index (χ3n) is 3.31. The van der Waals surface area contributed by atoms with Gasteiger partial charge in [-0.25, -0.2) is 4.79 Å². The molecule has 1 aromatic rings. The van der Waals surface area contributed by atoms with E-state index in [1.54, 1.807) is 39.0 Å². The maximum absolute atomic E-state index is 11.9. The van der Waals surface area contributed by atoms with Gasteiger partial charge in [-0.3, -0.25) is 4.79 Å². The molecule has 6 heteroatoms. The summed E-state index contributed by atoms with van der Waals surface area (Å²) in [5, 5.41) is 12.5. The maximum atomic E-state index is 11.9. The fourth-order valence-corrected chi connectivity index (χ4v) is 2.74. The summed E-state index contributed by atoms with van der Waals surface area (Å²) in [4.78, 5) is 23.3. The lowest BCUT2D eigenvalue weighted by molar-refractivity contribution is -0.142. The molecule has 2 rings (SSSR count). The lowest BCUT2D eigenvalue weighted by Gasteiger charge is -2.24. The minimum atomic E-state index is -0.969. The second-order valence-corrected chi connectivity index (χ2v) is 6.49. The van der Waals surface area contributed by atoms with Gasteiger partial charge in [0.25, 0.3) is 0 Å². The van der Waals surface area contributed by atoms with Crippen LogP contribution in [-0.2, 0) is 16.0 Å². The first kappa shape index (κ1) is 15.6. The Morgan fingerprint density at radius 1 is 1.38 bits per heavy atom.